The predicted molar refractivity (Wildman–Crippen MR) is 100 cm³/mol. The van der Waals surface area contributed by atoms with E-state index in [1.54, 1.807) is 0 Å². The summed E-state index contributed by atoms with van der Waals surface area (Å²) in [6.07, 6.45) is 5.24. The standard InChI is InChI=1S/C16H20F2N4.HI/c1-3-7-20-16(19-4-2)22-10-8-21(9-11-22)15-12-13(17)5-6-14(15)18;/h1,5-6,12H,4,7-11H2,2H3,(H,19,20);1H. The third-order valence-electron chi connectivity index (χ3n) is 3.48. The third kappa shape index (κ3) is 5.23. The van der Waals surface area contributed by atoms with Crippen LogP contribution in [0.15, 0.2) is 23.2 Å². The molecule has 1 fully saturated rings. The van der Waals surface area contributed by atoms with Gasteiger partial charge in [0.05, 0.1) is 5.69 Å². The van der Waals surface area contributed by atoms with Crippen molar-refractivity contribution in [2.24, 2.45) is 4.99 Å². The molecule has 0 amide bonds. The molecule has 0 bridgehead atoms. The Morgan fingerprint density at radius 1 is 1.30 bits per heavy atom. The van der Waals surface area contributed by atoms with E-state index in [4.69, 9.17) is 6.42 Å². The lowest BCUT2D eigenvalue weighted by Crippen LogP contribution is -2.52. The zero-order valence-electron chi connectivity index (χ0n) is 13.1. The number of halogens is 3. The van der Waals surface area contributed by atoms with E-state index < -0.39 is 11.6 Å². The maximum atomic E-state index is 13.8. The number of rotatable bonds is 3. The Hall–Kier alpha value is -1.56. The zero-order chi connectivity index (χ0) is 15.9. The van der Waals surface area contributed by atoms with Crippen molar-refractivity contribution >= 4 is 35.6 Å². The quantitative estimate of drug-likeness (QED) is 0.343. The monoisotopic (exact) mass is 434 g/mol. The Bertz CT molecular complexity index is 578. The number of benzene rings is 1. The second kappa shape index (κ2) is 9.55. The fourth-order valence-electron chi connectivity index (χ4n) is 2.43. The van der Waals surface area contributed by atoms with Crippen LogP contribution in [0.3, 0.4) is 0 Å². The second-order valence-corrected chi connectivity index (χ2v) is 4.94. The van der Waals surface area contributed by atoms with E-state index in [0.717, 1.165) is 24.6 Å². The predicted octanol–water partition coefficient (Wildman–Crippen LogP) is 2.30. The van der Waals surface area contributed by atoms with E-state index >= 15 is 0 Å². The van der Waals surface area contributed by atoms with Crippen LogP contribution in [0.2, 0.25) is 0 Å². The molecule has 1 aliphatic heterocycles. The number of nitrogens with zero attached hydrogens (tertiary/aromatic N) is 3. The molecule has 126 valence electrons. The lowest BCUT2D eigenvalue weighted by Gasteiger charge is -2.37. The van der Waals surface area contributed by atoms with Crippen LogP contribution in [0.4, 0.5) is 14.5 Å². The Morgan fingerprint density at radius 2 is 2.00 bits per heavy atom. The van der Waals surface area contributed by atoms with Crippen molar-refractivity contribution in [2.75, 3.05) is 44.2 Å². The molecule has 4 nitrogen and oxygen atoms in total. The van der Waals surface area contributed by atoms with Gasteiger partial charge in [-0.3, -0.25) is 0 Å². The first kappa shape index (κ1) is 19.5. The average molecular weight is 434 g/mol. The third-order valence-corrected chi connectivity index (χ3v) is 3.48. The number of terminal acetylenes is 1. The molecule has 0 aromatic heterocycles. The Morgan fingerprint density at radius 3 is 2.61 bits per heavy atom. The molecule has 1 heterocycles. The number of guanidine groups is 1. The number of hydrogen-bond acceptors (Lipinski definition) is 2. The maximum Gasteiger partial charge on any atom is 0.195 e. The van der Waals surface area contributed by atoms with Gasteiger partial charge in [0, 0.05) is 38.8 Å². The molecule has 1 N–H and O–H groups in total. The summed E-state index contributed by atoms with van der Waals surface area (Å²) >= 11 is 0. The van der Waals surface area contributed by atoms with Gasteiger partial charge in [0.25, 0.3) is 0 Å². The van der Waals surface area contributed by atoms with Crippen LogP contribution in [-0.4, -0.2) is 50.1 Å². The van der Waals surface area contributed by atoms with E-state index in [2.05, 4.69) is 21.1 Å². The zero-order valence-corrected chi connectivity index (χ0v) is 15.4. The SMILES string of the molecule is C#CCN=C(NCC)N1CCN(c2cc(F)ccc2F)CC1.I. The highest BCUT2D eigenvalue weighted by Gasteiger charge is 2.21. The Labute approximate surface area is 153 Å². The summed E-state index contributed by atoms with van der Waals surface area (Å²) in [5, 5.41) is 3.19. The van der Waals surface area contributed by atoms with Crippen LogP contribution in [0.5, 0.6) is 0 Å². The molecule has 0 atom stereocenters. The highest BCUT2D eigenvalue weighted by molar-refractivity contribution is 14.0. The first-order valence-electron chi connectivity index (χ1n) is 7.32. The van der Waals surface area contributed by atoms with E-state index in [0.29, 0.717) is 38.4 Å². The molecule has 0 saturated carbocycles. The summed E-state index contributed by atoms with van der Waals surface area (Å²) in [5.74, 6) is 2.42. The minimum absolute atomic E-state index is 0. The molecule has 0 radical (unpaired) electrons. The van der Waals surface area contributed by atoms with Gasteiger partial charge >= 0.3 is 0 Å². The molecule has 1 aliphatic rings. The topological polar surface area (TPSA) is 30.9 Å². The van der Waals surface area contributed by atoms with Crippen LogP contribution in [0.25, 0.3) is 0 Å². The number of anilines is 1. The van der Waals surface area contributed by atoms with Gasteiger partial charge in [-0.1, -0.05) is 5.92 Å². The molecular formula is C16H21F2IN4. The maximum absolute atomic E-state index is 13.8. The van der Waals surface area contributed by atoms with Gasteiger partial charge in [-0.2, -0.15) is 0 Å². The fraction of sp³-hybridized carbons (Fsp3) is 0.438. The minimum Gasteiger partial charge on any atom is -0.366 e. The lowest BCUT2D eigenvalue weighted by atomic mass is 10.2. The van der Waals surface area contributed by atoms with Crippen LogP contribution in [0, 0.1) is 24.0 Å². The van der Waals surface area contributed by atoms with E-state index in [-0.39, 0.29) is 24.0 Å². The van der Waals surface area contributed by atoms with E-state index in [1.165, 1.54) is 6.07 Å². The molecule has 23 heavy (non-hydrogen) atoms. The number of nitrogens with one attached hydrogen (secondary N) is 1. The van der Waals surface area contributed by atoms with Crippen molar-refractivity contribution in [3.8, 4) is 12.3 Å². The van der Waals surface area contributed by atoms with Gasteiger partial charge in [0.15, 0.2) is 5.96 Å². The highest BCUT2D eigenvalue weighted by atomic mass is 127. The van der Waals surface area contributed by atoms with Crippen LogP contribution < -0.4 is 10.2 Å². The van der Waals surface area contributed by atoms with Crippen molar-refractivity contribution in [1.82, 2.24) is 10.2 Å². The van der Waals surface area contributed by atoms with Crippen molar-refractivity contribution in [2.45, 2.75) is 6.92 Å². The molecule has 1 aromatic rings. The van der Waals surface area contributed by atoms with Gasteiger partial charge < -0.3 is 15.1 Å². The van der Waals surface area contributed by atoms with Crippen molar-refractivity contribution in [1.29, 1.82) is 0 Å². The summed E-state index contributed by atoms with van der Waals surface area (Å²) in [6.45, 7) is 5.60. The smallest absolute Gasteiger partial charge is 0.195 e. The number of aliphatic imine (C=N–C) groups is 1. The Balaban J connectivity index is 0.00000264. The molecule has 2 rings (SSSR count). The summed E-state index contributed by atoms with van der Waals surface area (Å²) in [6, 6.07) is 3.53. The van der Waals surface area contributed by atoms with E-state index in [9.17, 15) is 8.78 Å². The number of piperazine rings is 1. The molecule has 7 heteroatoms. The van der Waals surface area contributed by atoms with Crippen LogP contribution in [-0.2, 0) is 0 Å². The van der Waals surface area contributed by atoms with Crippen LogP contribution >= 0.6 is 24.0 Å². The normalized spacial score (nSPS) is 15.0. The average Bonchev–Trinajstić information content (AvgIpc) is 2.54. The molecule has 1 aromatic carbocycles. The first-order valence-corrected chi connectivity index (χ1v) is 7.32. The number of hydrogen-bond donors (Lipinski definition) is 1. The fourth-order valence-corrected chi connectivity index (χ4v) is 2.43. The molecule has 0 unspecified atom stereocenters. The highest BCUT2D eigenvalue weighted by Crippen LogP contribution is 2.21. The van der Waals surface area contributed by atoms with Crippen molar-refractivity contribution in [3.63, 3.8) is 0 Å². The summed E-state index contributed by atoms with van der Waals surface area (Å²) in [5.41, 5.74) is 0.310. The first-order chi connectivity index (χ1) is 10.7. The van der Waals surface area contributed by atoms with Gasteiger partial charge in [-0.25, -0.2) is 13.8 Å². The largest absolute Gasteiger partial charge is 0.366 e. The summed E-state index contributed by atoms with van der Waals surface area (Å²) in [4.78, 5) is 8.25. The molecule has 1 saturated heterocycles. The van der Waals surface area contributed by atoms with Gasteiger partial charge in [0.1, 0.15) is 18.2 Å². The Kier molecular flexibility index (Phi) is 8.09. The van der Waals surface area contributed by atoms with Crippen LogP contribution in [0.1, 0.15) is 6.92 Å². The van der Waals surface area contributed by atoms with Crippen molar-refractivity contribution in [3.05, 3.63) is 29.8 Å². The van der Waals surface area contributed by atoms with Crippen molar-refractivity contribution < 1.29 is 8.78 Å². The molecule has 0 spiro atoms. The minimum atomic E-state index is -0.428. The van der Waals surface area contributed by atoms with E-state index in [1.807, 2.05) is 11.8 Å². The summed E-state index contributed by atoms with van der Waals surface area (Å²) < 4.78 is 27.1. The van der Waals surface area contributed by atoms with Gasteiger partial charge in [-0.05, 0) is 19.1 Å². The van der Waals surface area contributed by atoms with Gasteiger partial charge in [-0.15, -0.1) is 30.4 Å². The lowest BCUT2D eigenvalue weighted by molar-refractivity contribution is 0.371. The molecule has 0 aliphatic carbocycles. The second-order valence-electron chi connectivity index (χ2n) is 4.94. The van der Waals surface area contributed by atoms with Gasteiger partial charge in [0.2, 0.25) is 0 Å². The summed E-state index contributed by atoms with van der Waals surface area (Å²) in [7, 11) is 0. The molecular weight excluding hydrogens is 413 g/mol.